The SMILES string of the molecule is C1=Cc2cc(-c3ccc4cc(-c5ccc(-c6nc7ccccc7c7c6ccc6ccccc67)cc5)ccc4c3)ccc2CC1.CC. The molecule has 0 fully saturated rings. The Hall–Kier alpha value is -5.53. The molecular formula is C45H35N. The van der Waals surface area contributed by atoms with Gasteiger partial charge in [-0.25, -0.2) is 4.98 Å². The van der Waals surface area contributed by atoms with Crippen molar-refractivity contribution in [2.45, 2.75) is 26.7 Å². The first-order valence-corrected chi connectivity index (χ1v) is 16.4. The standard InChI is InChI=1S/C43H29N.C2H6/c1-2-9-32-25-34(18-15-28(32)7-1)37-22-21-35-26-33(19-20-36(35)27-37)29-13-16-31(17-14-29)43-40-24-23-30-8-3-4-10-38(30)42(40)39-11-5-6-12-41(39)44-43;1-2/h2-6,8-27H,1,7H2;1-2H3. The second kappa shape index (κ2) is 11.8. The first-order valence-electron chi connectivity index (χ1n) is 16.4. The lowest BCUT2D eigenvalue weighted by Gasteiger charge is -2.13. The maximum absolute atomic E-state index is 5.18. The smallest absolute Gasteiger partial charge is 0.0788 e. The molecule has 0 bridgehead atoms. The van der Waals surface area contributed by atoms with Gasteiger partial charge in [0.15, 0.2) is 0 Å². The van der Waals surface area contributed by atoms with Crippen molar-refractivity contribution in [2.75, 3.05) is 0 Å². The highest BCUT2D eigenvalue weighted by Crippen LogP contribution is 2.38. The number of aromatic nitrogens is 1. The molecule has 0 amide bonds. The quantitative estimate of drug-likeness (QED) is 0.187. The molecular weight excluding hydrogens is 555 g/mol. The summed E-state index contributed by atoms with van der Waals surface area (Å²) in [5.41, 5.74) is 11.0. The molecule has 0 unspecified atom stereocenters. The minimum Gasteiger partial charge on any atom is -0.247 e. The van der Waals surface area contributed by atoms with Crippen molar-refractivity contribution in [1.82, 2.24) is 4.98 Å². The van der Waals surface area contributed by atoms with Crippen molar-refractivity contribution in [1.29, 1.82) is 0 Å². The van der Waals surface area contributed by atoms with Gasteiger partial charge in [-0.05, 0) is 92.0 Å². The summed E-state index contributed by atoms with van der Waals surface area (Å²) in [4.78, 5) is 5.18. The fourth-order valence-corrected chi connectivity index (χ4v) is 6.97. The molecule has 0 saturated heterocycles. The summed E-state index contributed by atoms with van der Waals surface area (Å²) in [7, 11) is 0. The molecule has 46 heavy (non-hydrogen) atoms. The Morgan fingerprint density at radius 3 is 1.89 bits per heavy atom. The zero-order chi connectivity index (χ0) is 31.0. The van der Waals surface area contributed by atoms with Crippen LogP contribution in [0.5, 0.6) is 0 Å². The van der Waals surface area contributed by atoms with Gasteiger partial charge in [0.2, 0.25) is 0 Å². The number of pyridine rings is 1. The number of nitrogens with zero attached hydrogens (tertiary/aromatic N) is 1. The van der Waals surface area contributed by atoms with Crippen molar-refractivity contribution in [2.24, 2.45) is 0 Å². The number of benzene rings is 7. The third-order valence-electron chi connectivity index (χ3n) is 9.28. The van der Waals surface area contributed by atoms with Crippen LogP contribution >= 0.6 is 0 Å². The third kappa shape index (κ3) is 4.86. The number of fused-ring (bicyclic) bond motifs is 7. The van der Waals surface area contributed by atoms with Crippen molar-refractivity contribution < 1.29 is 0 Å². The van der Waals surface area contributed by atoms with E-state index < -0.39 is 0 Å². The zero-order valence-corrected chi connectivity index (χ0v) is 26.3. The van der Waals surface area contributed by atoms with Gasteiger partial charge in [-0.2, -0.15) is 0 Å². The molecule has 1 heteroatoms. The Balaban J connectivity index is 0.00000153. The molecule has 1 nitrogen and oxygen atoms in total. The highest BCUT2D eigenvalue weighted by molar-refractivity contribution is 6.22. The maximum atomic E-state index is 5.18. The average Bonchev–Trinajstić information content (AvgIpc) is 3.14. The van der Waals surface area contributed by atoms with Crippen molar-refractivity contribution >= 4 is 49.3 Å². The van der Waals surface area contributed by atoms with E-state index in [1.807, 2.05) is 13.8 Å². The third-order valence-corrected chi connectivity index (χ3v) is 9.28. The zero-order valence-electron chi connectivity index (χ0n) is 26.3. The lowest BCUT2D eigenvalue weighted by Crippen LogP contribution is -1.94. The van der Waals surface area contributed by atoms with Crippen LogP contribution < -0.4 is 0 Å². The minimum absolute atomic E-state index is 1.02. The Kier molecular flexibility index (Phi) is 7.15. The van der Waals surface area contributed by atoms with E-state index in [-0.39, 0.29) is 0 Å². The lowest BCUT2D eigenvalue weighted by atomic mass is 9.92. The predicted molar refractivity (Wildman–Crippen MR) is 199 cm³/mol. The molecule has 7 aromatic carbocycles. The number of hydrogen-bond acceptors (Lipinski definition) is 1. The van der Waals surface area contributed by atoms with Gasteiger partial charge in [0.1, 0.15) is 0 Å². The Morgan fingerprint density at radius 2 is 1.09 bits per heavy atom. The maximum Gasteiger partial charge on any atom is 0.0788 e. The topological polar surface area (TPSA) is 12.9 Å². The van der Waals surface area contributed by atoms with E-state index in [0.29, 0.717) is 0 Å². The lowest BCUT2D eigenvalue weighted by molar-refractivity contribution is 0.986. The largest absolute Gasteiger partial charge is 0.247 e. The number of hydrogen-bond donors (Lipinski definition) is 0. The van der Waals surface area contributed by atoms with Gasteiger partial charge in [-0.3, -0.25) is 0 Å². The molecule has 1 aliphatic rings. The van der Waals surface area contributed by atoms with Crippen LogP contribution in [0.1, 0.15) is 31.4 Å². The second-order valence-corrected chi connectivity index (χ2v) is 11.9. The summed E-state index contributed by atoms with van der Waals surface area (Å²) >= 11 is 0. The molecule has 0 spiro atoms. The van der Waals surface area contributed by atoms with Gasteiger partial charge in [-0.1, -0.05) is 141 Å². The number of para-hydroxylation sites is 1. The second-order valence-electron chi connectivity index (χ2n) is 11.9. The molecule has 9 rings (SSSR count). The number of allylic oxidation sites excluding steroid dienone is 1. The average molecular weight is 590 g/mol. The van der Waals surface area contributed by atoms with Crippen LogP contribution in [-0.4, -0.2) is 4.98 Å². The van der Waals surface area contributed by atoms with Crippen molar-refractivity contribution in [3.8, 4) is 33.5 Å². The number of rotatable bonds is 3. The van der Waals surface area contributed by atoms with E-state index in [1.165, 1.54) is 71.1 Å². The van der Waals surface area contributed by atoms with Gasteiger partial charge in [-0.15, -0.1) is 0 Å². The van der Waals surface area contributed by atoms with Crippen LogP contribution in [0.2, 0.25) is 0 Å². The molecule has 0 aliphatic heterocycles. The molecule has 0 saturated carbocycles. The first kappa shape index (κ1) is 28.0. The summed E-state index contributed by atoms with van der Waals surface area (Å²) in [5, 5.41) is 8.69. The van der Waals surface area contributed by atoms with Gasteiger partial charge in [0, 0.05) is 21.7 Å². The molecule has 1 aromatic heterocycles. The molecule has 220 valence electrons. The van der Waals surface area contributed by atoms with E-state index in [1.54, 1.807) is 0 Å². The van der Waals surface area contributed by atoms with Gasteiger partial charge >= 0.3 is 0 Å². The Morgan fingerprint density at radius 1 is 0.478 bits per heavy atom. The monoisotopic (exact) mass is 589 g/mol. The fourth-order valence-electron chi connectivity index (χ4n) is 6.97. The molecule has 1 aliphatic carbocycles. The highest BCUT2D eigenvalue weighted by atomic mass is 14.7. The van der Waals surface area contributed by atoms with E-state index >= 15 is 0 Å². The van der Waals surface area contributed by atoms with E-state index in [4.69, 9.17) is 4.98 Å². The predicted octanol–water partition coefficient (Wildman–Crippen LogP) is 12.7. The molecule has 0 radical (unpaired) electrons. The van der Waals surface area contributed by atoms with Crippen molar-refractivity contribution in [3.05, 3.63) is 157 Å². The van der Waals surface area contributed by atoms with Crippen LogP contribution in [0.25, 0.3) is 82.8 Å². The van der Waals surface area contributed by atoms with Crippen LogP contribution in [0.4, 0.5) is 0 Å². The van der Waals surface area contributed by atoms with Crippen molar-refractivity contribution in [3.63, 3.8) is 0 Å². The van der Waals surface area contributed by atoms with Crippen LogP contribution in [0.15, 0.2) is 146 Å². The van der Waals surface area contributed by atoms with Gasteiger partial charge in [0.05, 0.1) is 11.2 Å². The summed E-state index contributed by atoms with van der Waals surface area (Å²) in [6.45, 7) is 4.00. The van der Waals surface area contributed by atoms with E-state index in [9.17, 15) is 0 Å². The van der Waals surface area contributed by atoms with Crippen LogP contribution in [0, 0.1) is 0 Å². The van der Waals surface area contributed by atoms with Crippen LogP contribution in [0.3, 0.4) is 0 Å². The normalized spacial score (nSPS) is 12.3. The first-order chi connectivity index (χ1) is 22.8. The summed E-state index contributed by atoms with van der Waals surface area (Å²) < 4.78 is 0. The molecule has 1 heterocycles. The molecule has 0 atom stereocenters. The van der Waals surface area contributed by atoms with E-state index in [2.05, 4.69) is 152 Å². The van der Waals surface area contributed by atoms with Crippen LogP contribution in [-0.2, 0) is 6.42 Å². The molecule has 8 aromatic rings. The fraction of sp³-hybridized carbons (Fsp3) is 0.0889. The van der Waals surface area contributed by atoms with Gasteiger partial charge in [0.25, 0.3) is 0 Å². The summed E-state index contributed by atoms with van der Waals surface area (Å²) in [5.74, 6) is 0. The molecule has 0 N–H and O–H groups in total. The Bertz CT molecular complexity index is 2410. The minimum atomic E-state index is 1.02. The summed E-state index contributed by atoms with van der Waals surface area (Å²) in [6.07, 6.45) is 6.83. The van der Waals surface area contributed by atoms with E-state index in [0.717, 1.165) is 29.6 Å². The van der Waals surface area contributed by atoms with Gasteiger partial charge < -0.3 is 0 Å². The summed E-state index contributed by atoms with van der Waals surface area (Å²) in [6, 6.07) is 51.0. The highest BCUT2D eigenvalue weighted by Gasteiger charge is 2.13. The number of aryl methyl sites for hydroxylation is 1. The Labute approximate surface area is 270 Å².